The molecule has 2 aliphatic heterocycles. The van der Waals surface area contributed by atoms with Crippen molar-refractivity contribution in [3.05, 3.63) is 24.3 Å². The monoisotopic (exact) mass is 945 g/mol. The normalized spacial score (nSPS) is 26.3. The first kappa shape index (κ1) is 60.1. The van der Waals surface area contributed by atoms with Gasteiger partial charge in [-0.15, -0.1) is 0 Å². The maximum Gasteiger partial charge on any atom is 0.306 e. The predicted octanol–water partition coefficient (Wildman–Crippen LogP) is 7.16. The zero-order chi connectivity index (χ0) is 48.2. The fourth-order valence-electron chi connectivity index (χ4n) is 8.13. The molecule has 0 spiro atoms. The number of carbonyl (C=O) groups excluding carboxylic acids is 2. The Hall–Kier alpha value is -2.02. The second-order valence-electron chi connectivity index (χ2n) is 18.4. The summed E-state index contributed by atoms with van der Waals surface area (Å²) in [6, 6.07) is 0. The number of unbranched alkanes of at least 4 members (excludes halogenated alkanes) is 22. The Kier molecular flexibility index (Phi) is 35.3. The van der Waals surface area contributed by atoms with Crippen molar-refractivity contribution < 1.29 is 73.8 Å². The van der Waals surface area contributed by atoms with Crippen molar-refractivity contribution >= 4 is 11.9 Å². The van der Waals surface area contributed by atoms with Crippen molar-refractivity contribution in [3.63, 3.8) is 0 Å². The molecule has 7 N–H and O–H groups in total. The van der Waals surface area contributed by atoms with Crippen LogP contribution in [0.1, 0.15) is 194 Å². The van der Waals surface area contributed by atoms with Gasteiger partial charge in [0.25, 0.3) is 0 Å². The number of carbonyl (C=O) groups is 2. The molecule has 0 amide bonds. The van der Waals surface area contributed by atoms with Crippen molar-refractivity contribution in [2.45, 2.75) is 261 Å². The van der Waals surface area contributed by atoms with Crippen molar-refractivity contribution in [1.82, 2.24) is 0 Å². The third-order valence-electron chi connectivity index (χ3n) is 12.4. The first-order valence-corrected chi connectivity index (χ1v) is 25.9. The zero-order valence-electron chi connectivity index (χ0n) is 40.7. The molecule has 4 unspecified atom stereocenters. The smallest absolute Gasteiger partial charge is 0.306 e. The van der Waals surface area contributed by atoms with Crippen LogP contribution in [0.15, 0.2) is 24.3 Å². The maximum atomic E-state index is 13.0. The fraction of sp³-hybridized carbons (Fsp3) is 0.882. The Bertz CT molecular complexity index is 1250. The summed E-state index contributed by atoms with van der Waals surface area (Å²) >= 11 is 0. The summed E-state index contributed by atoms with van der Waals surface area (Å²) in [7, 11) is 0. The summed E-state index contributed by atoms with van der Waals surface area (Å²) in [4.78, 5) is 25.7. The summed E-state index contributed by atoms with van der Waals surface area (Å²) < 4.78 is 33.6. The molecule has 2 aliphatic rings. The highest BCUT2D eigenvalue weighted by Gasteiger charge is 2.47. The van der Waals surface area contributed by atoms with E-state index in [4.69, 9.17) is 28.4 Å². The molecule has 0 radical (unpaired) electrons. The van der Waals surface area contributed by atoms with E-state index in [1.807, 2.05) is 0 Å². The highest BCUT2D eigenvalue weighted by Crippen LogP contribution is 2.26. The Labute approximate surface area is 396 Å². The van der Waals surface area contributed by atoms with Crippen LogP contribution >= 0.6 is 0 Å². The highest BCUT2D eigenvalue weighted by atomic mass is 16.7. The molecule has 0 aromatic rings. The van der Waals surface area contributed by atoms with Gasteiger partial charge in [0.05, 0.1) is 19.8 Å². The lowest BCUT2D eigenvalue weighted by atomic mass is 9.98. The number of aliphatic hydroxyl groups is 7. The van der Waals surface area contributed by atoms with Crippen LogP contribution in [0.2, 0.25) is 0 Å². The Morgan fingerprint density at radius 3 is 1.44 bits per heavy atom. The minimum absolute atomic E-state index is 0.168. The molecule has 0 aromatic carbocycles. The van der Waals surface area contributed by atoms with Crippen LogP contribution in [-0.2, 0) is 38.0 Å². The summed E-state index contributed by atoms with van der Waals surface area (Å²) in [6.07, 6.45) is 22.1. The van der Waals surface area contributed by atoms with E-state index in [0.717, 1.165) is 51.4 Å². The zero-order valence-corrected chi connectivity index (χ0v) is 40.7. The topological polar surface area (TPSA) is 231 Å². The molecule has 2 fully saturated rings. The van der Waals surface area contributed by atoms with E-state index in [1.165, 1.54) is 103 Å². The van der Waals surface area contributed by atoms with E-state index in [1.54, 1.807) is 0 Å². The van der Waals surface area contributed by atoms with Gasteiger partial charge in [0.15, 0.2) is 18.7 Å². The molecular formula is C51H92O15. The number of allylic oxidation sites excluding steroid dienone is 4. The van der Waals surface area contributed by atoms with E-state index >= 15 is 0 Å². The molecule has 0 aromatic heterocycles. The van der Waals surface area contributed by atoms with Crippen LogP contribution in [0.4, 0.5) is 0 Å². The van der Waals surface area contributed by atoms with Crippen LogP contribution < -0.4 is 0 Å². The number of hydrogen-bond acceptors (Lipinski definition) is 15. The Morgan fingerprint density at radius 1 is 0.485 bits per heavy atom. The number of rotatable bonds is 40. The first-order chi connectivity index (χ1) is 32.0. The van der Waals surface area contributed by atoms with E-state index in [9.17, 15) is 45.3 Å². The van der Waals surface area contributed by atoms with Gasteiger partial charge in [-0.05, 0) is 44.9 Å². The Balaban J connectivity index is 1.78. The summed E-state index contributed by atoms with van der Waals surface area (Å²) in [5, 5.41) is 72.0. The van der Waals surface area contributed by atoms with Crippen LogP contribution in [0.25, 0.3) is 0 Å². The molecule has 0 saturated carbocycles. The lowest BCUT2D eigenvalue weighted by molar-refractivity contribution is -0.332. The minimum atomic E-state index is -1.76. The summed E-state index contributed by atoms with van der Waals surface area (Å²) in [5.41, 5.74) is 0. The van der Waals surface area contributed by atoms with E-state index in [-0.39, 0.29) is 26.1 Å². The molecule has 15 nitrogen and oxygen atoms in total. The number of ether oxygens (including phenoxy) is 6. The largest absolute Gasteiger partial charge is 0.462 e. The SMILES string of the molecule is CCCCC/C=C/C/C=C/CCCCCCCCCCCC(=O)OC[C@@H](CO[C@@H]1O[C@H](CO[C@@H]2O[C@H](CO)[C@H](O)C(O)C2O)[C@H](O)C(O)C1O)OC(=O)CCCCCCCCCCCCC. The lowest BCUT2D eigenvalue weighted by Crippen LogP contribution is -2.61. The van der Waals surface area contributed by atoms with Crippen molar-refractivity contribution in [1.29, 1.82) is 0 Å². The van der Waals surface area contributed by atoms with Gasteiger partial charge in [-0.1, -0.05) is 160 Å². The van der Waals surface area contributed by atoms with Crippen molar-refractivity contribution in [3.8, 4) is 0 Å². The molecular weight excluding hydrogens is 853 g/mol. The molecule has 66 heavy (non-hydrogen) atoms. The highest BCUT2D eigenvalue weighted by molar-refractivity contribution is 5.70. The minimum Gasteiger partial charge on any atom is -0.462 e. The molecule has 2 heterocycles. The average molecular weight is 945 g/mol. The quantitative estimate of drug-likeness (QED) is 0.0184. The Morgan fingerprint density at radius 2 is 0.909 bits per heavy atom. The second kappa shape index (κ2) is 38.8. The molecule has 11 atom stereocenters. The maximum absolute atomic E-state index is 13.0. The van der Waals surface area contributed by atoms with Gasteiger partial charge >= 0.3 is 11.9 Å². The van der Waals surface area contributed by atoms with Crippen LogP contribution in [0, 0.1) is 0 Å². The van der Waals surface area contributed by atoms with Gasteiger partial charge in [0, 0.05) is 12.8 Å². The van der Waals surface area contributed by atoms with Gasteiger partial charge in [0.1, 0.15) is 55.4 Å². The third-order valence-corrected chi connectivity index (χ3v) is 12.4. The van der Waals surface area contributed by atoms with E-state index in [0.29, 0.717) is 12.8 Å². The summed E-state index contributed by atoms with van der Waals surface area (Å²) in [6.45, 7) is 2.56. The van der Waals surface area contributed by atoms with Crippen LogP contribution in [0.3, 0.4) is 0 Å². The van der Waals surface area contributed by atoms with Crippen LogP contribution in [0.5, 0.6) is 0 Å². The lowest BCUT2D eigenvalue weighted by Gasteiger charge is -2.42. The van der Waals surface area contributed by atoms with Gasteiger partial charge in [-0.25, -0.2) is 0 Å². The average Bonchev–Trinajstić information content (AvgIpc) is 3.31. The molecule has 15 heteroatoms. The molecule has 2 rings (SSSR count). The van der Waals surface area contributed by atoms with Gasteiger partial charge in [-0.3, -0.25) is 9.59 Å². The van der Waals surface area contributed by atoms with E-state index < -0.39 is 92.7 Å². The third kappa shape index (κ3) is 26.7. The van der Waals surface area contributed by atoms with Gasteiger partial charge in [0.2, 0.25) is 0 Å². The molecule has 2 saturated heterocycles. The standard InChI is InChI=1S/C51H92O15/c1-3-5-7-9-11-13-15-16-17-18-19-20-21-22-24-25-27-29-31-33-42(53)61-36-39(64-43(54)34-32-30-28-26-23-14-12-10-8-6-4-2)37-62-50-49(60)47(58)45(56)41(66-50)38-63-51-48(59)46(57)44(55)40(35-52)65-51/h11,13,16-17,39-41,44-52,55-60H,3-10,12,14-15,18-38H2,1-2H3/b13-11+,17-16+/t39-,40+,41+,44-,45-,46?,47?,48?,49?,50+,51+/m0/s1. The second-order valence-corrected chi connectivity index (χ2v) is 18.4. The predicted molar refractivity (Wildman–Crippen MR) is 252 cm³/mol. The summed E-state index contributed by atoms with van der Waals surface area (Å²) in [5.74, 6) is -0.924. The van der Waals surface area contributed by atoms with Gasteiger partial charge < -0.3 is 64.2 Å². The number of aliphatic hydroxyl groups excluding tert-OH is 7. The molecule has 0 aliphatic carbocycles. The van der Waals surface area contributed by atoms with Crippen LogP contribution in [-0.4, -0.2) is 142 Å². The number of esters is 2. The fourth-order valence-corrected chi connectivity index (χ4v) is 8.13. The van der Waals surface area contributed by atoms with Crippen molar-refractivity contribution in [2.75, 3.05) is 26.4 Å². The van der Waals surface area contributed by atoms with Crippen molar-refractivity contribution in [2.24, 2.45) is 0 Å². The molecule has 0 bridgehead atoms. The number of hydrogen-bond donors (Lipinski definition) is 7. The van der Waals surface area contributed by atoms with Gasteiger partial charge in [-0.2, -0.15) is 0 Å². The first-order valence-electron chi connectivity index (χ1n) is 25.9. The molecule has 386 valence electrons. The van der Waals surface area contributed by atoms with E-state index in [2.05, 4.69) is 38.2 Å².